The highest BCUT2D eigenvalue weighted by atomic mass is 16.1. The SMILES string of the molecule is N#CC(CNC(=O)c1ccn[nH]1)CN1CCc2ccccc2C1. The van der Waals surface area contributed by atoms with Crippen LogP contribution in [0.2, 0.25) is 0 Å². The molecule has 0 fully saturated rings. The Kier molecular flexibility index (Phi) is 4.69. The molecule has 1 amide bonds. The van der Waals surface area contributed by atoms with Gasteiger partial charge in [0.25, 0.3) is 5.91 Å². The number of aromatic amines is 1. The van der Waals surface area contributed by atoms with Crippen molar-refractivity contribution in [2.45, 2.75) is 13.0 Å². The lowest BCUT2D eigenvalue weighted by molar-refractivity contribution is 0.0941. The maximum absolute atomic E-state index is 11.9. The molecule has 1 atom stereocenters. The molecule has 1 unspecified atom stereocenters. The van der Waals surface area contributed by atoms with E-state index in [0.717, 1.165) is 19.5 Å². The zero-order chi connectivity index (χ0) is 16.1. The van der Waals surface area contributed by atoms with Gasteiger partial charge in [-0.3, -0.25) is 14.8 Å². The molecule has 3 rings (SSSR count). The monoisotopic (exact) mass is 309 g/mol. The smallest absolute Gasteiger partial charge is 0.269 e. The summed E-state index contributed by atoms with van der Waals surface area (Å²) in [6, 6.07) is 12.3. The number of rotatable bonds is 5. The van der Waals surface area contributed by atoms with Crippen LogP contribution in [0.1, 0.15) is 21.6 Å². The summed E-state index contributed by atoms with van der Waals surface area (Å²) in [5.41, 5.74) is 3.13. The van der Waals surface area contributed by atoms with Crippen molar-refractivity contribution in [3.05, 3.63) is 53.3 Å². The molecular formula is C17H19N5O. The second kappa shape index (κ2) is 7.07. The fourth-order valence-electron chi connectivity index (χ4n) is 2.87. The van der Waals surface area contributed by atoms with Crippen LogP contribution in [0.15, 0.2) is 36.5 Å². The molecule has 23 heavy (non-hydrogen) atoms. The van der Waals surface area contributed by atoms with E-state index >= 15 is 0 Å². The molecule has 0 saturated carbocycles. The number of nitriles is 1. The van der Waals surface area contributed by atoms with Crippen molar-refractivity contribution in [1.29, 1.82) is 5.26 Å². The Morgan fingerprint density at radius 3 is 2.96 bits per heavy atom. The van der Waals surface area contributed by atoms with Gasteiger partial charge >= 0.3 is 0 Å². The summed E-state index contributed by atoms with van der Waals surface area (Å²) in [6.07, 6.45) is 2.54. The van der Waals surface area contributed by atoms with Gasteiger partial charge in [0.05, 0.1) is 12.0 Å². The number of benzene rings is 1. The van der Waals surface area contributed by atoms with Crippen molar-refractivity contribution in [3.63, 3.8) is 0 Å². The minimum absolute atomic E-state index is 0.230. The normalized spacial score (nSPS) is 15.4. The van der Waals surface area contributed by atoms with E-state index in [-0.39, 0.29) is 11.8 Å². The van der Waals surface area contributed by atoms with Crippen molar-refractivity contribution in [1.82, 2.24) is 20.4 Å². The van der Waals surface area contributed by atoms with Crippen LogP contribution in [-0.2, 0) is 13.0 Å². The zero-order valence-electron chi connectivity index (χ0n) is 12.8. The van der Waals surface area contributed by atoms with Crippen molar-refractivity contribution in [3.8, 4) is 6.07 Å². The van der Waals surface area contributed by atoms with Crippen LogP contribution in [0, 0.1) is 17.2 Å². The first-order chi connectivity index (χ1) is 11.3. The molecule has 2 heterocycles. The largest absolute Gasteiger partial charge is 0.349 e. The van der Waals surface area contributed by atoms with Crippen LogP contribution in [-0.4, -0.2) is 40.6 Å². The van der Waals surface area contributed by atoms with Crippen LogP contribution in [0.5, 0.6) is 0 Å². The second-order valence-electron chi connectivity index (χ2n) is 5.76. The van der Waals surface area contributed by atoms with Gasteiger partial charge in [0.1, 0.15) is 5.69 Å². The molecule has 2 N–H and O–H groups in total. The standard InChI is InChI=1S/C17H19N5O/c18-9-13(10-19-17(23)16-5-7-20-21-16)11-22-8-6-14-3-1-2-4-15(14)12-22/h1-5,7,13H,6,8,10-12H2,(H,19,23)(H,20,21). The number of nitrogens with one attached hydrogen (secondary N) is 2. The number of hydrogen-bond donors (Lipinski definition) is 2. The van der Waals surface area contributed by atoms with E-state index in [1.54, 1.807) is 6.07 Å². The van der Waals surface area contributed by atoms with E-state index in [4.69, 9.17) is 0 Å². The number of carbonyl (C=O) groups is 1. The third-order valence-electron chi connectivity index (χ3n) is 4.13. The van der Waals surface area contributed by atoms with Crippen molar-refractivity contribution < 1.29 is 4.79 Å². The summed E-state index contributed by atoms with van der Waals surface area (Å²) in [7, 11) is 0. The van der Waals surface area contributed by atoms with Crippen molar-refractivity contribution in [2.24, 2.45) is 5.92 Å². The molecule has 6 nitrogen and oxygen atoms in total. The number of amides is 1. The topological polar surface area (TPSA) is 84.8 Å². The average molecular weight is 309 g/mol. The van der Waals surface area contributed by atoms with Gasteiger partial charge in [0, 0.05) is 32.4 Å². The Morgan fingerprint density at radius 1 is 1.39 bits per heavy atom. The molecule has 0 spiro atoms. The first kappa shape index (κ1) is 15.3. The molecule has 6 heteroatoms. The summed E-state index contributed by atoms with van der Waals surface area (Å²) in [5.74, 6) is -0.459. The van der Waals surface area contributed by atoms with Crippen molar-refractivity contribution in [2.75, 3.05) is 19.6 Å². The number of aromatic nitrogens is 2. The van der Waals surface area contributed by atoms with Crippen LogP contribution in [0.25, 0.3) is 0 Å². The maximum Gasteiger partial charge on any atom is 0.269 e. The summed E-state index contributed by atoms with van der Waals surface area (Å²) in [6.45, 7) is 2.81. The molecule has 2 aromatic rings. The molecule has 1 aliphatic rings. The highest BCUT2D eigenvalue weighted by molar-refractivity contribution is 5.92. The predicted octanol–water partition coefficient (Wildman–Crippen LogP) is 1.34. The molecular weight excluding hydrogens is 290 g/mol. The molecule has 1 aromatic heterocycles. The Balaban J connectivity index is 1.52. The van der Waals surface area contributed by atoms with Gasteiger partial charge in [-0.05, 0) is 23.6 Å². The Labute approximate surface area is 135 Å². The van der Waals surface area contributed by atoms with Gasteiger partial charge in [0.2, 0.25) is 0 Å². The third kappa shape index (κ3) is 3.76. The number of carbonyl (C=O) groups excluding carboxylic acids is 1. The molecule has 1 aromatic carbocycles. The number of fused-ring (bicyclic) bond motifs is 1. The minimum Gasteiger partial charge on any atom is -0.349 e. The average Bonchev–Trinajstić information content (AvgIpc) is 3.13. The highest BCUT2D eigenvalue weighted by Gasteiger charge is 2.20. The third-order valence-corrected chi connectivity index (χ3v) is 4.13. The van der Waals surface area contributed by atoms with E-state index < -0.39 is 0 Å². The predicted molar refractivity (Wildman–Crippen MR) is 85.4 cm³/mol. The van der Waals surface area contributed by atoms with Crippen molar-refractivity contribution >= 4 is 5.91 Å². The quantitative estimate of drug-likeness (QED) is 0.873. The summed E-state index contributed by atoms with van der Waals surface area (Å²) in [5, 5.41) is 18.5. The Bertz CT molecular complexity index is 704. The fourth-order valence-corrected chi connectivity index (χ4v) is 2.87. The number of nitrogens with zero attached hydrogens (tertiary/aromatic N) is 3. The van der Waals surface area contributed by atoms with E-state index in [0.29, 0.717) is 18.8 Å². The van der Waals surface area contributed by atoms with Crippen LogP contribution in [0.4, 0.5) is 0 Å². The van der Waals surface area contributed by atoms with Gasteiger partial charge in [-0.1, -0.05) is 24.3 Å². The van der Waals surface area contributed by atoms with E-state index in [1.165, 1.54) is 17.3 Å². The molecule has 0 radical (unpaired) electrons. The summed E-state index contributed by atoms with van der Waals surface area (Å²) < 4.78 is 0. The first-order valence-electron chi connectivity index (χ1n) is 7.72. The van der Waals surface area contributed by atoms with Crippen LogP contribution in [0.3, 0.4) is 0 Å². The van der Waals surface area contributed by atoms with Gasteiger partial charge in [0.15, 0.2) is 0 Å². The molecule has 1 aliphatic heterocycles. The maximum atomic E-state index is 11.9. The van der Waals surface area contributed by atoms with Gasteiger partial charge in [-0.25, -0.2) is 0 Å². The lowest BCUT2D eigenvalue weighted by Gasteiger charge is -2.30. The zero-order valence-corrected chi connectivity index (χ0v) is 12.8. The first-order valence-corrected chi connectivity index (χ1v) is 7.72. The van der Waals surface area contributed by atoms with E-state index in [2.05, 4.69) is 50.7 Å². The molecule has 0 aliphatic carbocycles. The lowest BCUT2D eigenvalue weighted by atomic mass is 9.99. The molecule has 118 valence electrons. The van der Waals surface area contributed by atoms with Crippen LogP contribution < -0.4 is 5.32 Å². The van der Waals surface area contributed by atoms with Gasteiger partial charge in [-0.2, -0.15) is 10.4 Å². The minimum atomic E-state index is -0.230. The number of hydrogen-bond acceptors (Lipinski definition) is 4. The Morgan fingerprint density at radius 2 is 2.22 bits per heavy atom. The summed E-state index contributed by atoms with van der Waals surface area (Å²) >= 11 is 0. The van der Waals surface area contributed by atoms with Gasteiger partial charge in [-0.15, -0.1) is 0 Å². The highest BCUT2D eigenvalue weighted by Crippen LogP contribution is 2.19. The number of H-pyrrole nitrogens is 1. The van der Waals surface area contributed by atoms with Crippen LogP contribution >= 0.6 is 0 Å². The second-order valence-corrected chi connectivity index (χ2v) is 5.76. The fraction of sp³-hybridized carbons (Fsp3) is 0.353. The van der Waals surface area contributed by atoms with Gasteiger partial charge < -0.3 is 5.32 Å². The molecule has 0 saturated heterocycles. The Hall–Kier alpha value is -2.65. The summed E-state index contributed by atoms with van der Waals surface area (Å²) in [4.78, 5) is 14.2. The lowest BCUT2D eigenvalue weighted by Crippen LogP contribution is -2.38. The van der Waals surface area contributed by atoms with E-state index in [9.17, 15) is 10.1 Å². The molecule has 0 bridgehead atoms. The van der Waals surface area contributed by atoms with E-state index in [1.807, 2.05) is 0 Å².